The number of aromatic amines is 1. The maximum absolute atomic E-state index is 12.7. The van der Waals surface area contributed by atoms with Crippen molar-refractivity contribution in [1.29, 1.82) is 0 Å². The number of para-hydroxylation sites is 1. The minimum Gasteiger partial charge on any atom is -0.455 e. The molecule has 1 N–H and O–H groups in total. The van der Waals surface area contributed by atoms with Gasteiger partial charge < -0.3 is 9.72 Å². The molecule has 0 fully saturated rings. The first kappa shape index (κ1) is 18.9. The number of benzene rings is 2. The molecule has 1 unspecified atom stereocenters. The summed E-state index contributed by atoms with van der Waals surface area (Å²) in [5.74, 6) is -2.32. The number of H-pyrrole nitrogens is 1. The van der Waals surface area contributed by atoms with E-state index < -0.39 is 17.7 Å². The first-order valence-electron chi connectivity index (χ1n) is 8.57. The van der Waals surface area contributed by atoms with E-state index in [0.29, 0.717) is 22.5 Å². The molecule has 0 bridgehead atoms. The van der Waals surface area contributed by atoms with Gasteiger partial charge in [-0.05, 0) is 35.7 Å². The molecule has 0 aliphatic carbocycles. The van der Waals surface area contributed by atoms with Gasteiger partial charge in [-0.2, -0.15) is 0 Å². The second-order valence-electron chi connectivity index (χ2n) is 6.16. The van der Waals surface area contributed by atoms with Crippen molar-refractivity contribution in [3.05, 3.63) is 81.1 Å². The molecular formula is C21H18ClNO4. The Morgan fingerprint density at radius 3 is 2.52 bits per heavy atom. The summed E-state index contributed by atoms with van der Waals surface area (Å²) in [5.41, 5.74) is 1.57. The predicted molar refractivity (Wildman–Crippen MR) is 104 cm³/mol. The Morgan fingerprint density at radius 1 is 1.11 bits per heavy atom. The van der Waals surface area contributed by atoms with Crippen LogP contribution in [0, 0.1) is 0 Å². The number of nitrogens with one attached hydrogen (secondary N) is 1. The number of Topliss-reactive ketones (excluding diaryl/α,β-unsaturated/α-hetero) is 1. The SMILES string of the molecule is CCC(C(=O)C(=O)OCc1ccc(Cl)cc1)c1cc(=O)[nH]c2ccccc12. The predicted octanol–water partition coefficient (Wildman–Crippen LogP) is 3.99. The van der Waals surface area contributed by atoms with Gasteiger partial charge in [0.1, 0.15) is 6.61 Å². The summed E-state index contributed by atoms with van der Waals surface area (Å²) in [6.45, 7) is 1.78. The minimum atomic E-state index is -0.916. The number of pyridine rings is 1. The molecule has 0 aliphatic heterocycles. The van der Waals surface area contributed by atoms with Gasteiger partial charge in [0.2, 0.25) is 11.3 Å². The van der Waals surface area contributed by atoms with Crippen molar-refractivity contribution in [1.82, 2.24) is 4.98 Å². The smallest absolute Gasteiger partial charge is 0.375 e. The van der Waals surface area contributed by atoms with Crippen LogP contribution >= 0.6 is 11.6 Å². The standard InChI is InChI=1S/C21H18ClNO4/c1-2-15(17-11-19(24)23-18-6-4-3-5-16(17)18)20(25)21(26)27-12-13-7-9-14(22)10-8-13/h3-11,15H,2,12H2,1H3,(H,23,24). The number of hydrogen-bond acceptors (Lipinski definition) is 4. The largest absolute Gasteiger partial charge is 0.455 e. The van der Waals surface area contributed by atoms with Gasteiger partial charge >= 0.3 is 5.97 Å². The van der Waals surface area contributed by atoms with Gasteiger partial charge in [-0.1, -0.05) is 48.9 Å². The number of ether oxygens (including phenoxy) is 1. The molecule has 5 nitrogen and oxygen atoms in total. The number of esters is 1. The molecular weight excluding hydrogens is 366 g/mol. The Labute approximate surface area is 160 Å². The Balaban J connectivity index is 1.83. The van der Waals surface area contributed by atoms with E-state index in [4.69, 9.17) is 16.3 Å². The fourth-order valence-electron chi connectivity index (χ4n) is 3.01. The zero-order valence-corrected chi connectivity index (χ0v) is 15.5. The van der Waals surface area contributed by atoms with Gasteiger partial charge in [-0.3, -0.25) is 9.59 Å². The number of aromatic nitrogens is 1. The quantitative estimate of drug-likeness (QED) is 0.516. The molecule has 3 rings (SSSR count). The molecule has 3 aromatic rings. The molecule has 1 atom stereocenters. The van der Waals surface area contributed by atoms with E-state index in [1.165, 1.54) is 6.07 Å². The second kappa shape index (κ2) is 8.18. The first-order valence-corrected chi connectivity index (χ1v) is 8.94. The van der Waals surface area contributed by atoms with Crippen LogP contribution < -0.4 is 5.56 Å². The van der Waals surface area contributed by atoms with Crippen molar-refractivity contribution in [2.24, 2.45) is 0 Å². The second-order valence-corrected chi connectivity index (χ2v) is 6.60. The highest BCUT2D eigenvalue weighted by atomic mass is 35.5. The summed E-state index contributed by atoms with van der Waals surface area (Å²) in [6.07, 6.45) is 0.377. The highest BCUT2D eigenvalue weighted by Crippen LogP contribution is 2.27. The summed E-state index contributed by atoms with van der Waals surface area (Å²) < 4.78 is 5.16. The van der Waals surface area contributed by atoms with E-state index >= 15 is 0 Å². The van der Waals surface area contributed by atoms with Gasteiger partial charge in [-0.25, -0.2) is 4.79 Å². The lowest BCUT2D eigenvalue weighted by Crippen LogP contribution is -2.25. The summed E-state index contributed by atoms with van der Waals surface area (Å²) in [4.78, 5) is 39.7. The molecule has 0 spiro atoms. The molecule has 0 saturated carbocycles. The van der Waals surface area contributed by atoms with Crippen LogP contribution in [-0.2, 0) is 20.9 Å². The molecule has 1 aromatic heterocycles. The van der Waals surface area contributed by atoms with Crippen LogP contribution in [-0.4, -0.2) is 16.7 Å². The maximum atomic E-state index is 12.7. The molecule has 2 aromatic carbocycles. The molecule has 6 heteroatoms. The van der Waals surface area contributed by atoms with E-state index in [2.05, 4.69) is 4.98 Å². The minimum absolute atomic E-state index is 0.0195. The van der Waals surface area contributed by atoms with Crippen LogP contribution in [0.5, 0.6) is 0 Å². The Kier molecular flexibility index (Phi) is 5.72. The van der Waals surface area contributed by atoms with Gasteiger partial charge in [0.05, 0.1) is 5.92 Å². The lowest BCUT2D eigenvalue weighted by molar-refractivity contribution is -0.155. The van der Waals surface area contributed by atoms with Crippen molar-refractivity contribution in [3.8, 4) is 0 Å². The van der Waals surface area contributed by atoms with Gasteiger partial charge in [-0.15, -0.1) is 0 Å². The molecule has 1 heterocycles. The lowest BCUT2D eigenvalue weighted by atomic mass is 9.90. The highest BCUT2D eigenvalue weighted by Gasteiger charge is 2.28. The molecule has 0 radical (unpaired) electrons. The Morgan fingerprint density at radius 2 is 1.81 bits per heavy atom. The van der Waals surface area contributed by atoms with Gasteiger partial charge in [0.25, 0.3) is 0 Å². The zero-order valence-electron chi connectivity index (χ0n) is 14.7. The third-order valence-corrected chi connectivity index (χ3v) is 4.62. The lowest BCUT2D eigenvalue weighted by Gasteiger charge is -2.15. The Bertz CT molecular complexity index is 1040. The number of ketones is 1. The van der Waals surface area contributed by atoms with Crippen LogP contribution in [0.15, 0.2) is 59.4 Å². The average molecular weight is 384 g/mol. The number of carbonyl (C=O) groups is 2. The highest BCUT2D eigenvalue weighted by molar-refractivity contribution is 6.36. The van der Waals surface area contributed by atoms with Gasteiger partial charge in [0.15, 0.2) is 0 Å². The number of rotatable bonds is 6. The van der Waals surface area contributed by atoms with Crippen LogP contribution in [0.4, 0.5) is 0 Å². The van der Waals surface area contributed by atoms with Gasteiger partial charge in [0, 0.05) is 22.0 Å². The number of carbonyl (C=O) groups excluding carboxylic acids is 2. The molecule has 0 amide bonds. The van der Waals surface area contributed by atoms with E-state index in [9.17, 15) is 14.4 Å². The van der Waals surface area contributed by atoms with E-state index in [1.54, 1.807) is 43.3 Å². The summed E-state index contributed by atoms with van der Waals surface area (Å²) in [6, 6.07) is 15.4. The van der Waals surface area contributed by atoms with Crippen LogP contribution in [0.25, 0.3) is 10.9 Å². The van der Waals surface area contributed by atoms with Crippen molar-refractivity contribution < 1.29 is 14.3 Å². The topological polar surface area (TPSA) is 76.2 Å². The summed E-state index contributed by atoms with van der Waals surface area (Å²) in [7, 11) is 0. The maximum Gasteiger partial charge on any atom is 0.375 e. The van der Waals surface area contributed by atoms with Crippen LogP contribution in [0.2, 0.25) is 5.02 Å². The fourth-order valence-corrected chi connectivity index (χ4v) is 3.14. The molecule has 27 heavy (non-hydrogen) atoms. The number of hydrogen-bond donors (Lipinski definition) is 1. The van der Waals surface area contributed by atoms with Crippen molar-refractivity contribution in [3.63, 3.8) is 0 Å². The molecule has 138 valence electrons. The summed E-state index contributed by atoms with van der Waals surface area (Å²) in [5, 5.41) is 1.32. The van der Waals surface area contributed by atoms with E-state index in [1.807, 2.05) is 12.1 Å². The molecule has 0 saturated heterocycles. The van der Waals surface area contributed by atoms with E-state index in [-0.39, 0.29) is 12.2 Å². The van der Waals surface area contributed by atoms with Crippen LogP contribution in [0.1, 0.15) is 30.4 Å². The van der Waals surface area contributed by atoms with E-state index in [0.717, 1.165) is 10.9 Å². The summed E-state index contributed by atoms with van der Waals surface area (Å²) >= 11 is 5.82. The normalized spacial score (nSPS) is 11.9. The average Bonchev–Trinajstić information content (AvgIpc) is 2.67. The van der Waals surface area contributed by atoms with Crippen molar-refractivity contribution in [2.75, 3.05) is 0 Å². The first-order chi connectivity index (χ1) is 13.0. The Hall–Kier alpha value is -2.92. The monoisotopic (exact) mass is 383 g/mol. The van der Waals surface area contributed by atoms with Crippen LogP contribution in [0.3, 0.4) is 0 Å². The van der Waals surface area contributed by atoms with Crippen molar-refractivity contribution in [2.45, 2.75) is 25.9 Å². The number of fused-ring (bicyclic) bond motifs is 1. The number of halogens is 1. The zero-order chi connectivity index (χ0) is 19.4. The molecule has 0 aliphatic rings. The third-order valence-electron chi connectivity index (χ3n) is 4.37. The fraction of sp³-hybridized carbons (Fsp3) is 0.190. The van der Waals surface area contributed by atoms with Crippen molar-refractivity contribution >= 4 is 34.3 Å². The third kappa shape index (κ3) is 4.26.